The molecular weight excluding hydrogens is 350 g/mol. The first-order valence-electron chi connectivity index (χ1n) is 8.43. The molecule has 8 heteroatoms. The molecule has 0 spiro atoms. The molecule has 0 bridgehead atoms. The number of hydrogen-bond donors (Lipinski definition) is 2. The van der Waals surface area contributed by atoms with E-state index < -0.39 is 22.2 Å². The monoisotopic (exact) mass is 369 g/mol. The van der Waals surface area contributed by atoms with Gasteiger partial charge in [0.15, 0.2) is 0 Å². The molecule has 1 amide bonds. The summed E-state index contributed by atoms with van der Waals surface area (Å²) < 4.78 is 0. The van der Waals surface area contributed by atoms with E-state index in [1.54, 1.807) is 31.2 Å². The van der Waals surface area contributed by atoms with Crippen molar-refractivity contribution in [1.82, 2.24) is 4.90 Å². The molecule has 1 atom stereocenters. The second-order valence-electron chi connectivity index (χ2n) is 6.82. The lowest BCUT2D eigenvalue weighted by molar-refractivity contribution is -0.383. The summed E-state index contributed by atoms with van der Waals surface area (Å²) in [7, 11) is 0. The van der Waals surface area contributed by atoms with Crippen molar-refractivity contribution in [2.75, 3.05) is 18.4 Å². The van der Waals surface area contributed by atoms with Crippen LogP contribution in [0.5, 0.6) is 0 Å². The van der Waals surface area contributed by atoms with Crippen LogP contribution in [0, 0.1) is 15.5 Å². The third-order valence-corrected chi connectivity index (χ3v) is 4.77. The molecule has 3 rings (SSSR count). The van der Waals surface area contributed by atoms with Gasteiger partial charge in [0.2, 0.25) is 0 Å². The number of rotatable bonds is 5. The van der Waals surface area contributed by atoms with E-state index in [2.05, 4.69) is 5.32 Å². The molecular formula is C19H19N3O5. The van der Waals surface area contributed by atoms with Crippen LogP contribution in [0.1, 0.15) is 23.7 Å². The molecule has 27 heavy (non-hydrogen) atoms. The average Bonchev–Trinajstić information content (AvgIpc) is 3.06. The van der Waals surface area contributed by atoms with Crippen molar-refractivity contribution in [2.24, 2.45) is 5.41 Å². The van der Waals surface area contributed by atoms with Crippen LogP contribution in [0.15, 0.2) is 48.5 Å². The number of benzene rings is 2. The number of nitro groups is 1. The molecule has 2 aromatic rings. The zero-order chi connectivity index (χ0) is 19.6. The molecule has 1 saturated heterocycles. The Morgan fingerprint density at radius 2 is 1.93 bits per heavy atom. The van der Waals surface area contributed by atoms with Crippen molar-refractivity contribution < 1.29 is 19.6 Å². The standard InChI is InChI=1S/C19H19N3O5/c1-19(18(24)25)9-10-21(12-19)17(23)13-7-8-15(16(11-13)22(26)27)20-14-5-3-2-4-6-14/h2-8,11,20H,9-10,12H2,1H3,(H,24,25). The molecule has 1 heterocycles. The van der Waals surface area contributed by atoms with Gasteiger partial charge in [-0.05, 0) is 37.6 Å². The van der Waals surface area contributed by atoms with Crippen LogP contribution >= 0.6 is 0 Å². The van der Waals surface area contributed by atoms with Crippen LogP contribution < -0.4 is 5.32 Å². The van der Waals surface area contributed by atoms with E-state index in [4.69, 9.17) is 0 Å². The van der Waals surface area contributed by atoms with Gasteiger partial charge in [-0.25, -0.2) is 0 Å². The highest BCUT2D eigenvalue weighted by molar-refractivity contribution is 5.96. The van der Waals surface area contributed by atoms with Gasteiger partial charge in [-0.3, -0.25) is 19.7 Å². The maximum absolute atomic E-state index is 12.7. The van der Waals surface area contributed by atoms with E-state index in [-0.39, 0.29) is 23.5 Å². The fourth-order valence-corrected chi connectivity index (χ4v) is 3.09. The Balaban J connectivity index is 1.85. The predicted octanol–water partition coefficient (Wildman–Crippen LogP) is 3.28. The van der Waals surface area contributed by atoms with E-state index >= 15 is 0 Å². The fourth-order valence-electron chi connectivity index (χ4n) is 3.09. The molecule has 2 N–H and O–H groups in total. The number of aliphatic carboxylic acids is 1. The van der Waals surface area contributed by atoms with Gasteiger partial charge in [-0.1, -0.05) is 18.2 Å². The highest BCUT2D eigenvalue weighted by Gasteiger charge is 2.42. The topological polar surface area (TPSA) is 113 Å². The molecule has 0 aromatic heterocycles. The molecule has 2 aromatic carbocycles. The third kappa shape index (κ3) is 3.74. The molecule has 8 nitrogen and oxygen atoms in total. The summed E-state index contributed by atoms with van der Waals surface area (Å²) in [5, 5.41) is 23.7. The maximum Gasteiger partial charge on any atom is 0.311 e. The lowest BCUT2D eigenvalue weighted by Crippen LogP contribution is -2.34. The SMILES string of the molecule is CC1(C(=O)O)CCN(C(=O)c2ccc(Nc3ccccc3)c([N+](=O)[O-])c2)C1. The summed E-state index contributed by atoms with van der Waals surface area (Å²) in [6.45, 7) is 1.98. The molecule has 0 aliphatic carbocycles. The quantitative estimate of drug-likeness (QED) is 0.618. The summed E-state index contributed by atoms with van der Waals surface area (Å²) in [5.74, 6) is -1.36. The second kappa shape index (κ2) is 7.06. The van der Waals surface area contributed by atoms with Crippen molar-refractivity contribution in [3.8, 4) is 0 Å². The molecule has 1 aliphatic heterocycles. The number of nitro benzene ring substituents is 1. The van der Waals surface area contributed by atoms with Crippen LogP contribution in [-0.4, -0.2) is 39.9 Å². The average molecular weight is 369 g/mol. The zero-order valence-corrected chi connectivity index (χ0v) is 14.7. The maximum atomic E-state index is 12.7. The summed E-state index contributed by atoms with van der Waals surface area (Å²) in [6, 6.07) is 13.2. The molecule has 1 unspecified atom stereocenters. The van der Waals surface area contributed by atoms with E-state index in [0.717, 1.165) is 0 Å². The van der Waals surface area contributed by atoms with Gasteiger partial charge in [-0.15, -0.1) is 0 Å². The van der Waals surface area contributed by atoms with E-state index in [9.17, 15) is 24.8 Å². The Labute approximate surface area is 155 Å². The number of para-hydroxylation sites is 1. The van der Waals surface area contributed by atoms with E-state index in [1.807, 2.05) is 6.07 Å². The molecule has 0 saturated carbocycles. The van der Waals surface area contributed by atoms with Crippen molar-refractivity contribution in [1.29, 1.82) is 0 Å². The lowest BCUT2D eigenvalue weighted by Gasteiger charge is -2.20. The van der Waals surface area contributed by atoms with Crippen molar-refractivity contribution in [3.05, 3.63) is 64.2 Å². The van der Waals surface area contributed by atoms with Crippen LogP contribution in [0.25, 0.3) is 0 Å². The number of carboxylic acid groups (broad SMARTS) is 1. The van der Waals surface area contributed by atoms with Gasteiger partial charge >= 0.3 is 5.97 Å². The van der Waals surface area contributed by atoms with Crippen molar-refractivity contribution in [2.45, 2.75) is 13.3 Å². The predicted molar refractivity (Wildman–Crippen MR) is 99.1 cm³/mol. The van der Waals surface area contributed by atoms with E-state index in [0.29, 0.717) is 18.7 Å². The zero-order valence-electron chi connectivity index (χ0n) is 14.7. The summed E-state index contributed by atoms with van der Waals surface area (Å²) >= 11 is 0. The van der Waals surface area contributed by atoms with Gasteiger partial charge in [-0.2, -0.15) is 0 Å². The van der Waals surface area contributed by atoms with Gasteiger partial charge in [0, 0.05) is 30.4 Å². The van der Waals surface area contributed by atoms with Gasteiger partial charge in [0.25, 0.3) is 11.6 Å². The van der Waals surface area contributed by atoms with Gasteiger partial charge < -0.3 is 15.3 Å². The molecule has 140 valence electrons. The second-order valence-corrected chi connectivity index (χ2v) is 6.82. The number of carboxylic acids is 1. The summed E-state index contributed by atoms with van der Waals surface area (Å²) in [5.41, 5.74) is -0.0769. The number of likely N-dealkylation sites (tertiary alicyclic amines) is 1. The molecule has 1 fully saturated rings. The Bertz CT molecular complexity index is 899. The Kier molecular flexibility index (Phi) is 4.81. The molecule has 0 radical (unpaired) electrons. The van der Waals surface area contributed by atoms with Crippen LogP contribution in [0.4, 0.5) is 17.1 Å². The fraction of sp³-hybridized carbons (Fsp3) is 0.263. The summed E-state index contributed by atoms with van der Waals surface area (Å²) in [4.78, 5) is 36.4. The van der Waals surface area contributed by atoms with Crippen LogP contribution in [-0.2, 0) is 4.79 Å². The summed E-state index contributed by atoms with van der Waals surface area (Å²) in [6.07, 6.45) is 0.351. The largest absolute Gasteiger partial charge is 0.481 e. The minimum atomic E-state index is -0.990. The molecule has 1 aliphatic rings. The highest BCUT2D eigenvalue weighted by atomic mass is 16.6. The number of nitrogens with one attached hydrogen (secondary N) is 1. The smallest absolute Gasteiger partial charge is 0.311 e. The first-order valence-corrected chi connectivity index (χ1v) is 8.43. The lowest BCUT2D eigenvalue weighted by atomic mass is 9.90. The van der Waals surface area contributed by atoms with Crippen LogP contribution in [0.2, 0.25) is 0 Å². The van der Waals surface area contributed by atoms with Crippen LogP contribution in [0.3, 0.4) is 0 Å². The first-order chi connectivity index (χ1) is 12.8. The van der Waals surface area contributed by atoms with Crippen molar-refractivity contribution >= 4 is 28.9 Å². The van der Waals surface area contributed by atoms with Crippen molar-refractivity contribution in [3.63, 3.8) is 0 Å². The number of hydrogen-bond acceptors (Lipinski definition) is 5. The Hall–Kier alpha value is -3.42. The Morgan fingerprint density at radius 3 is 2.52 bits per heavy atom. The van der Waals surface area contributed by atoms with E-state index in [1.165, 1.54) is 23.1 Å². The number of nitrogens with zero attached hydrogens (tertiary/aromatic N) is 2. The number of carbonyl (C=O) groups is 2. The van der Waals surface area contributed by atoms with Gasteiger partial charge in [0.05, 0.1) is 10.3 Å². The van der Waals surface area contributed by atoms with Gasteiger partial charge in [0.1, 0.15) is 5.69 Å². The first kappa shape index (κ1) is 18.4. The number of anilines is 2. The highest BCUT2D eigenvalue weighted by Crippen LogP contribution is 2.33. The number of carbonyl (C=O) groups excluding carboxylic acids is 1. The number of amides is 1. The minimum absolute atomic E-state index is 0.0823. The normalized spacial score (nSPS) is 18.9. The third-order valence-electron chi connectivity index (χ3n) is 4.77. The Morgan fingerprint density at radius 1 is 1.22 bits per heavy atom. The minimum Gasteiger partial charge on any atom is -0.481 e.